The first-order chi connectivity index (χ1) is 8.83. The van der Waals surface area contributed by atoms with E-state index in [1.54, 1.807) is 0 Å². The summed E-state index contributed by atoms with van der Waals surface area (Å²) in [6.07, 6.45) is 5.13. The third-order valence-corrected chi connectivity index (χ3v) is 3.40. The van der Waals surface area contributed by atoms with Gasteiger partial charge in [-0.05, 0) is 31.9 Å². The number of hydrogen-bond acceptors (Lipinski definition) is 4. The van der Waals surface area contributed by atoms with Crippen molar-refractivity contribution in [1.82, 2.24) is 10.1 Å². The van der Waals surface area contributed by atoms with E-state index in [9.17, 15) is 0 Å². The minimum absolute atomic E-state index is 0.579. The van der Waals surface area contributed by atoms with Crippen LogP contribution >= 0.6 is 0 Å². The SMILES string of the molecule is Cc1noc(-c2ccccc2NC2CCCC2)n1. The van der Waals surface area contributed by atoms with Crippen LogP contribution < -0.4 is 5.32 Å². The van der Waals surface area contributed by atoms with Gasteiger partial charge in [-0.1, -0.05) is 30.1 Å². The number of aromatic nitrogens is 2. The Kier molecular flexibility index (Phi) is 3.00. The summed E-state index contributed by atoms with van der Waals surface area (Å²) >= 11 is 0. The Labute approximate surface area is 106 Å². The van der Waals surface area contributed by atoms with Crippen LogP contribution in [0.15, 0.2) is 28.8 Å². The number of benzene rings is 1. The van der Waals surface area contributed by atoms with Gasteiger partial charge < -0.3 is 9.84 Å². The number of rotatable bonds is 3. The molecule has 0 bridgehead atoms. The molecule has 4 nitrogen and oxygen atoms in total. The van der Waals surface area contributed by atoms with Crippen molar-refractivity contribution in [2.45, 2.75) is 38.6 Å². The van der Waals surface area contributed by atoms with E-state index in [2.05, 4.69) is 21.5 Å². The molecular weight excluding hydrogens is 226 g/mol. The van der Waals surface area contributed by atoms with Crippen LogP contribution in [0.25, 0.3) is 11.5 Å². The maximum atomic E-state index is 5.25. The Morgan fingerprint density at radius 3 is 2.72 bits per heavy atom. The highest BCUT2D eigenvalue weighted by atomic mass is 16.5. The summed E-state index contributed by atoms with van der Waals surface area (Å²) in [6, 6.07) is 8.70. The molecule has 1 aromatic heterocycles. The molecule has 1 N–H and O–H groups in total. The molecule has 0 saturated heterocycles. The number of anilines is 1. The molecule has 0 spiro atoms. The lowest BCUT2D eigenvalue weighted by Gasteiger charge is -2.15. The Balaban J connectivity index is 1.89. The lowest BCUT2D eigenvalue weighted by molar-refractivity contribution is 0.425. The molecule has 1 saturated carbocycles. The number of nitrogens with one attached hydrogen (secondary N) is 1. The molecule has 1 heterocycles. The van der Waals surface area contributed by atoms with Gasteiger partial charge in [0.25, 0.3) is 5.89 Å². The van der Waals surface area contributed by atoms with Crippen molar-refractivity contribution in [2.24, 2.45) is 0 Å². The van der Waals surface area contributed by atoms with Crippen LogP contribution in [0.5, 0.6) is 0 Å². The predicted octanol–water partition coefficient (Wildman–Crippen LogP) is 3.40. The molecule has 1 aliphatic carbocycles. The minimum atomic E-state index is 0.579. The first-order valence-electron chi connectivity index (χ1n) is 6.49. The first-order valence-corrected chi connectivity index (χ1v) is 6.49. The molecule has 1 aliphatic rings. The minimum Gasteiger partial charge on any atom is -0.382 e. The number of hydrogen-bond donors (Lipinski definition) is 1. The second kappa shape index (κ2) is 4.80. The monoisotopic (exact) mass is 243 g/mol. The van der Waals surface area contributed by atoms with Gasteiger partial charge in [-0.2, -0.15) is 4.98 Å². The summed E-state index contributed by atoms with van der Waals surface area (Å²) < 4.78 is 5.25. The summed E-state index contributed by atoms with van der Waals surface area (Å²) in [6.45, 7) is 1.83. The summed E-state index contributed by atoms with van der Waals surface area (Å²) in [4.78, 5) is 4.30. The predicted molar refractivity (Wildman–Crippen MR) is 70.3 cm³/mol. The van der Waals surface area contributed by atoms with Gasteiger partial charge in [0.2, 0.25) is 0 Å². The average Bonchev–Trinajstić information content (AvgIpc) is 3.02. The Hall–Kier alpha value is -1.84. The number of nitrogens with zero attached hydrogens (tertiary/aromatic N) is 2. The van der Waals surface area contributed by atoms with E-state index in [4.69, 9.17) is 4.52 Å². The zero-order valence-corrected chi connectivity index (χ0v) is 10.5. The third kappa shape index (κ3) is 2.23. The second-order valence-corrected chi connectivity index (χ2v) is 4.82. The van der Waals surface area contributed by atoms with Crippen LogP contribution in [-0.2, 0) is 0 Å². The summed E-state index contributed by atoms with van der Waals surface area (Å²) in [5.74, 6) is 1.26. The van der Waals surface area contributed by atoms with Gasteiger partial charge in [0.15, 0.2) is 5.82 Å². The van der Waals surface area contributed by atoms with Crippen LogP contribution in [-0.4, -0.2) is 16.2 Å². The fourth-order valence-corrected chi connectivity index (χ4v) is 2.49. The van der Waals surface area contributed by atoms with Gasteiger partial charge in [0.1, 0.15) is 0 Å². The highest BCUT2D eigenvalue weighted by Gasteiger charge is 2.17. The van der Waals surface area contributed by atoms with Gasteiger partial charge in [0, 0.05) is 11.7 Å². The third-order valence-electron chi connectivity index (χ3n) is 3.40. The van der Waals surface area contributed by atoms with Crippen molar-refractivity contribution in [2.75, 3.05) is 5.32 Å². The highest BCUT2D eigenvalue weighted by molar-refractivity contribution is 5.72. The standard InChI is InChI=1S/C14H17N3O/c1-10-15-14(18-17-10)12-8-4-5-9-13(12)16-11-6-2-3-7-11/h4-5,8-9,11,16H,2-3,6-7H2,1H3. The normalized spacial score (nSPS) is 16.1. The largest absolute Gasteiger partial charge is 0.382 e. The van der Waals surface area contributed by atoms with Gasteiger partial charge in [-0.25, -0.2) is 0 Å². The summed E-state index contributed by atoms with van der Waals surface area (Å²) in [5.41, 5.74) is 2.08. The molecule has 2 aromatic rings. The highest BCUT2D eigenvalue weighted by Crippen LogP contribution is 2.29. The van der Waals surface area contributed by atoms with Gasteiger partial charge in [0.05, 0.1) is 5.56 Å². The molecule has 94 valence electrons. The molecule has 4 heteroatoms. The fourth-order valence-electron chi connectivity index (χ4n) is 2.49. The zero-order chi connectivity index (χ0) is 12.4. The zero-order valence-electron chi connectivity index (χ0n) is 10.5. The molecular formula is C14H17N3O. The summed E-state index contributed by atoms with van der Waals surface area (Å²) in [5, 5.41) is 7.44. The van der Waals surface area contributed by atoms with Crippen molar-refractivity contribution in [3.05, 3.63) is 30.1 Å². The lowest BCUT2D eigenvalue weighted by atomic mass is 10.1. The van der Waals surface area contributed by atoms with E-state index in [0.717, 1.165) is 11.3 Å². The van der Waals surface area contributed by atoms with Crippen LogP contribution in [0, 0.1) is 6.92 Å². The van der Waals surface area contributed by atoms with Crippen LogP contribution in [0.3, 0.4) is 0 Å². The molecule has 18 heavy (non-hydrogen) atoms. The lowest BCUT2D eigenvalue weighted by Crippen LogP contribution is -2.15. The van der Waals surface area contributed by atoms with Gasteiger partial charge >= 0.3 is 0 Å². The maximum absolute atomic E-state index is 5.25. The Morgan fingerprint density at radius 1 is 1.22 bits per heavy atom. The molecule has 0 unspecified atom stereocenters. The quantitative estimate of drug-likeness (QED) is 0.897. The molecule has 0 atom stereocenters. The van der Waals surface area contributed by atoms with Crippen LogP contribution in [0.2, 0.25) is 0 Å². The molecule has 1 aromatic carbocycles. The van der Waals surface area contributed by atoms with E-state index < -0.39 is 0 Å². The molecule has 1 fully saturated rings. The first kappa shape index (κ1) is 11.3. The molecule has 0 radical (unpaired) electrons. The summed E-state index contributed by atoms with van der Waals surface area (Å²) in [7, 11) is 0. The number of para-hydroxylation sites is 1. The average molecular weight is 243 g/mol. The van der Waals surface area contributed by atoms with Crippen LogP contribution in [0.1, 0.15) is 31.5 Å². The van der Waals surface area contributed by atoms with Gasteiger partial charge in [-0.15, -0.1) is 0 Å². The van der Waals surface area contributed by atoms with E-state index in [1.807, 2.05) is 25.1 Å². The van der Waals surface area contributed by atoms with Crippen molar-refractivity contribution in [3.63, 3.8) is 0 Å². The van der Waals surface area contributed by atoms with Crippen molar-refractivity contribution in [3.8, 4) is 11.5 Å². The Bertz CT molecular complexity index is 529. The van der Waals surface area contributed by atoms with E-state index in [1.165, 1.54) is 25.7 Å². The van der Waals surface area contributed by atoms with E-state index >= 15 is 0 Å². The number of aryl methyl sites for hydroxylation is 1. The fraction of sp³-hybridized carbons (Fsp3) is 0.429. The maximum Gasteiger partial charge on any atom is 0.260 e. The van der Waals surface area contributed by atoms with Crippen molar-refractivity contribution < 1.29 is 4.52 Å². The van der Waals surface area contributed by atoms with Crippen molar-refractivity contribution >= 4 is 5.69 Å². The molecule has 0 aliphatic heterocycles. The van der Waals surface area contributed by atoms with Crippen molar-refractivity contribution in [1.29, 1.82) is 0 Å². The smallest absolute Gasteiger partial charge is 0.260 e. The second-order valence-electron chi connectivity index (χ2n) is 4.82. The topological polar surface area (TPSA) is 51.0 Å². The van der Waals surface area contributed by atoms with Crippen LogP contribution in [0.4, 0.5) is 5.69 Å². The Morgan fingerprint density at radius 2 is 2.00 bits per heavy atom. The van der Waals surface area contributed by atoms with E-state index in [-0.39, 0.29) is 0 Å². The van der Waals surface area contributed by atoms with Gasteiger partial charge in [-0.3, -0.25) is 0 Å². The van der Waals surface area contributed by atoms with E-state index in [0.29, 0.717) is 17.8 Å². The molecule has 0 amide bonds. The molecule has 3 rings (SSSR count).